The van der Waals surface area contributed by atoms with Crippen molar-refractivity contribution in [3.63, 3.8) is 0 Å². The molecule has 26 heavy (non-hydrogen) atoms. The lowest BCUT2D eigenvalue weighted by atomic mass is 9.90. The van der Waals surface area contributed by atoms with Gasteiger partial charge in [0.25, 0.3) is 0 Å². The number of aromatic nitrogens is 1. The van der Waals surface area contributed by atoms with Crippen molar-refractivity contribution in [1.82, 2.24) is 9.88 Å². The lowest BCUT2D eigenvalue weighted by Gasteiger charge is -2.36. The molecule has 0 spiro atoms. The fourth-order valence-corrected chi connectivity index (χ4v) is 3.65. The average Bonchev–Trinajstić information content (AvgIpc) is 2.69. The second kappa shape index (κ2) is 8.60. The molecule has 3 N–H and O–H groups in total. The first-order valence-corrected chi connectivity index (χ1v) is 9.40. The topological polar surface area (TPSA) is 97.6 Å². The van der Waals surface area contributed by atoms with Gasteiger partial charge in [0.2, 0.25) is 11.8 Å². The van der Waals surface area contributed by atoms with Crippen LogP contribution in [0.1, 0.15) is 31.2 Å². The molecule has 3 heterocycles. The third kappa shape index (κ3) is 4.59. The summed E-state index contributed by atoms with van der Waals surface area (Å²) in [5, 5.41) is 2.86. The molecular weight excluding hydrogens is 332 g/mol. The van der Waals surface area contributed by atoms with Crippen LogP contribution in [0, 0.1) is 18.8 Å². The van der Waals surface area contributed by atoms with E-state index in [1.807, 2.05) is 13.0 Å². The molecule has 7 heteroatoms. The summed E-state index contributed by atoms with van der Waals surface area (Å²) in [5.74, 6) is 0.365. The van der Waals surface area contributed by atoms with Gasteiger partial charge < -0.3 is 20.7 Å². The maximum atomic E-state index is 12.8. The number of likely N-dealkylation sites (tertiary alicyclic amines) is 1. The lowest BCUT2D eigenvalue weighted by Crippen LogP contribution is -2.52. The van der Waals surface area contributed by atoms with Crippen LogP contribution in [-0.4, -0.2) is 54.0 Å². The Labute approximate surface area is 154 Å². The Bertz CT molecular complexity index is 628. The van der Waals surface area contributed by atoms with Crippen molar-refractivity contribution in [3.8, 4) is 0 Å². The molecule has 2 aliphatic rings. The number of rotatable bonds is 4. The predicted octanol–water partition coefficient (Wildman–Crippen LogP) is 1.32. The van der Waals surface area contributed by atoms with E-state index in [-0.39, 0.29) is 23.7 Å². The minimum Gasteiger partial charge on any atom is -0.381 e. The Morgan fingerprint density at radius 3 is 2.77 bits per heavy atom. The van der Waals surface area contributed by atoms with Gasteiger partial charge in [0, 0.05) is 32.5 Å². The highest BCUT2D eigenvalue weighted by Gasteiger charge is 2.34. The van der Waals surface area contributed by atoms with Crippen LogP contribution >= 0.6 is 0 Å². The van der Waals surface area contributed by atoms with Gasteiger partial charge in [0.1, 0.15) is 5.82 Å². The van der Waals surface area contributed by atoms with Gasteiger partial charge in [-0.05, 0) is 50.2 Å². The maximum absolute atomic E-state index is 12.8. The van der Waals surface area contributed by atoms with Crippen LogP contribution in [0.25, 0.3) is 0 Å². The molecule has 3 rings (SSSR count). The van der Waals surface area contributed by atoms with Gasteiger partial charge in [-0.2, -0.15) is 0 Å². The molecule has 0 aromatic carbocycles. The van der Waals surface area contributed by atoms with E-state index in [4.69, 9.17) is 10.5 Å². The standard InChI is InChI=1S/C19H28N4O3/c1-13-4-5-16(21-11-13)22-18(24)15-3-2-8-23(12-15)19(25)17(20)14-6-9-26-10-7-14/h4-5,11,14-15,17H,2-3,6-10,12,20H2,1H3,(H,21,22,24). The predicted molar refractivity (Wildman–Crippen MR) is 98.4 cm³/mol. The number of nitrogens with zero attached hydrogens (tertiary/aromatic N) is 2. The molecule has 0 radical (unpaired) electrons. The van der Waals surface area contributed by atoms with Crippen LogP contribution in [0.5, 0.6) is 0 Å². The Kier molecular flexibility index (Phi) is 6.21. The lowest BCUT2D eigenvalue weighted by molar-refractivity contribution is -0.137. The van der Waals surface area contributed by atoms with Crippen molar-refractivity contribution in [2.75, 3.05) is 31.6 Å². The van der Waals surface area contributed by atoms with Crippen LogP contribution in [0.15, 0.2) is 18.3 Å². The van der Waals surface area contributed by atoms with E-state index >= 15 is 0 Å². The van der Waals surface area contributed by atoms with Crippen molar-refractivity contribution >= 4 is 17.6 Å². The summed E-state index contributed by atoms with van der Waals surface area (Å²) in [4.78, 5) is 31.3. The SMILES string of the molecule is Cc1ccc(NC(=O)C2CCCN(C(=O)C(N)C3CCOCC3)C2)nc1. The largest absolute Gasteiger partial charge is 0.381 e. The minimum atomic E-state index is -0.500. The Hall–Kier alpha value is -1.99. The molecule has 2 unspecified atom stereocenters. The van der Waals surface area contributed by atoms with Crippen LogP contribution in [0.4, 0.5) is 5.82 Å². The number of amides is 2. The number of carbonyl (C=O) groups is 2. The van der Waals surface area contributed by atoms with E-state index in [0.717, 1.165) is 31.2 Å². The average molecular weight is 360 g/mol. The molecular formula is C19H28N4O3. The first-order valence-electron chi connectivity index (χ1n) is 9.40. The van der Waals surface area contributed by atoms with Gasteiger partial charge in [-0.25, -0.2) is 4.98 Å². The Morgan fingerprint density at radius 1 is 1.31 bits per heavy atom. The molecule has 0 saturated carbocycles. The van der Waals surface area contributed by atoms with E-state index in [2.05, 4.69) is 10.3 Å². The number of nitrogens with two attached hydrogens (primary N) is 1. The number of hydrogen-bond acceptors (Lipinski definition) is 5. The molecule has 2 aliphatic heterocycles. The maximum Gasteiger partial charge on any atom is 0.239 e. The van der Waals surface area contributed by atoms with Crippen molar-refractivity contribution in [2.45, 2.75) is 38.6 Å². The molecule has 0 aliphatic carbocycles. The molecule has 2 amide bonds. The zero-order valence-corrected chi connectivity index (χ0v) is 15.3. The molecule has 1 aromatic rings. The van der Waals surface area contributed by atoms with Crippen molar-refractivity contribution in [3.05, 3.63) is 23.9 Å². The summed E-state index contributed by atoms with van der Waals surface area (Å²) in [6, 6.07) is 3.20. The van der Waals surface area contributed by atoms with Gasteiger partial charge in [0.15, 0.2) is 0 Å². The molecule has 0 bridgehead atoms. The van der Waals surface area contributed by atoms with Gasteiger partial charge in [0.05, 0.1) is 12.0 Å². The van der Waals surface area contributed by atoms with Gasteiger partial charge in [-0.1, -0.05) is 6.07 Å². The normalized spacial score (nSPS) is 22.7. The van der Waals surface area contributed by atoms with Gasteiger partial charge in [-0.15, -0.1) is 0 Å². The number of nitrogens with one attached hydrogen (secondary N) is 1. The zero-order chi connectivity index (χ0) is 18.5. The number of anilines is 1. The Morgan fingerprint density at radius 2 is 2.08 bits per heavy atom. The second-order valence-electron chi connectivity index (χ2n) is 7.31. The van der Waals surface area contributed by atoms with Crippen molar-refractivity contribution in [2.24, 2.45) is 17.6 Å². The highest BCUT2D eigenvalue weighted by molar-refractivity contribution is 5.92. The second-order valence-corrected chi connectivity index (χ2v) is 7.31. The highest BCUT2D eigenvalue weighted by atomic mass is 16.5. The molecule has 1 aromatic heterocycles. The van der Waals surface area contributed by atoms with Gasteiger partial charge >= 0.3 is 0 Å². The summed E-state index contributed by atoms with van der Waals surface area (Å²) in [7, 11) is 0. The zero-order valence-electron chi connectivity index (χ0n) is 15.3. The smallest absolute Gasteiger partial charge is 0.239 e. The molecule has 7 nitrogen and oxygen atoms in total. The monoisotopic (exact) mass is 360 g/mol. The molecule has 2 fully saturated rings. The summed E-state index contributed by atoms with van der Waals surface area (Å²) in [6.45, 7) is 4.38. The number of ether oxygens (including phenoxy) is 1. The van der Waals surface area contributed by atoms with Crippen LogP contribution in [0.3, 0.4) is 0 Å². The minimum absolute atomic E-state index is 0.0390. The van der Waals surface area contributed by atoms with E-state index < -0.39 is 6.04 Å². The highest BCUT2D eigenvalue weighted by Crippen LogP contribution is 2.23. The van der Waals surface area contributed by atoms with Gasteiger partial charge in [-0.3, -0.25) is 9.59 Å². The van der Waals surface area contributed by atoms with E-state index in [1.165, 1.54) is 0 Å². The fourth-order valence-electron chi connectivity index (χ4n) is 3.65. The third-order valence-corrected chi connectivity index (χ3v) is 5.33. The number of aryl methyl sites for hydroxylation is 1. The first kappa shape index (κ1) is 18.8. The van der Waals surface area contributed by atoms with E-state index in [1.54, 1.807) is 17.2 Å². The Balaban J connectivity index is 1.56. The van der Waals surface area contributed by atoms with Crippen LogP contribution in [0.2, 0.25) is 0 Å². The molecule has 2 saturated heterocycles. The van der Waals surface area contributed by atoms with Crippen LogP contribution in [-0.2, 0) is 14.3 Å². The van der Waals surface area contributed by atoms with Crippen LogP contribution < -0.4 is 11.1 Å². The summed E-state index contributed by atoms with van der Waals surface area (Å²) < 4.78 is 5.35. The summed E-state index contributed by atoms with van der Waals surface area (Å²) >= 11 is 0. The molecule has 2 atom stereocenters. The number of pyridine rings is 1. The van der Waals surface area contributed by atoms with Crippen molar-refractivity contribution < 1.29 is 14.3 Å². The summed E-state index contributed by atoms with van der Waals surface area (Å²) in [6.07, 6.45) is 4.95. The number of hydrogen-bond donors (Lipinski definition) is 2. The van der Waals surface area contributed by atoms with E-state index in [9.17, 15) is 9.59 Å². The quantitative estimate of drug-likeness (QED) is 0.844. The fraction of sp³-hybridized carbons (Fsp3) is 0.632. The molecule has 142 valence electrons. The first-order chi connectivity index (χ1) is 12.5. The number of carbonyl (C=O) groups excluding carboxylic acids is 2. The summed E-state index contributed by atoms with van der Waals surface area (Å²) in [5.41, 5.74) is 7.27. The van der Waals surface area contributed by atoms with Crippen molar-refractivity contribution in [1.29, 1.82) is 0 Å². The number of piperidine rings is 1. The third-order valence-electron chi connectivity index (χ3n) is 5.33. The van der Waals surface area contributed by atoms with E-state index in [0.29, 0.717) is 32.1 Å².